The maximum atomic E-state index is 5.35. The molecular formula is C17H27NO. The van der Waals surface area contributed by atoms with Crippen LogP contribution in [0.3, 0.4) is 0 Å². The Morgan fingerprint density at radius 2 is 2.16 bits per heavy atom. The molecule has 0 saturated heterocycles. The SMILES string of the molecule is CCC(C)CC(C)NC1CCc2ccc(OC)cc21. The van der Waals surface area contributed by atoms with E-state index in [1.54, 1.807) is 7.11 Å². The third kappa shape index (κ3) is 3.50. The van der Waals surface area contributed by atoms with Gasteiger partial charge in [-0.2, -0.15) is 0 Å². The molecule has 0 radical (unpaired) electrons. The first-order valence-corrected chi connectivity index (χ1v) is 7.56. The molecule has 0 aliphatic heterocycles. The molecule has 2 rings (SSSR count). The van der Waals surface area contributed by atoms with Gasteiger partial charge in [-0.25, -0.2) is 0 Å². The molecule has 1 aromatic rings. The Morgan fingerprint density at radius 1 is 1.37 bits per heavy atom. The minimum atomic E-state index is 0.504. The number of aryl methyl sites for hydroxylation is 1. The summed E-state index contributed by atoms with van der Waals surface area (Å²) in [7, 11) is 1.74. The quantitative estimate of drug-likeness (QED) is 0.832. The van der Waals surface area contributed by atoms with E-state index in [0.717, 1.165) is 11.7 Å². The minimum absolute atomic E-state index is 0.504. The second-order valence-electron chi connectivity index (χ2n) is 5.97. The molecule has 1 aliphatic carbocycles. The van der Waals surface area contributed by atoms with E-state index in [1.807, 2.05) is 0 Å². The van der Waals surface area contributed by atoms with E-state index < -0.39 is 0 Å². The van der Waals surface area contributed by atoms with E-state index in [9.17, 15) is 0 Å². The smallest absolute Gasteiger partial charge is 0.119 e. The molecule has 0 fully saturated rings. The van der Waals surface area contributed by atoms with Crippen LogP contribution in [0.1, 0.15) is 57.2 Å². The van der Waals surface area contributed by atoms with Crippen LogP contribution in [0.4, 0.5) is 0 Å². The largest absolute Gasteiger partial charge is 0.497 e. The van der Waals surface area contributed by atoms with Crippen LogP contribution in [0.25, 0.3) is 0 Å². The molecule has 1 aromatic carbocycles. The fourth-order valence-electron chi connectivity index (χ4n) is 3.06. The summed E-state index contributed by atoms with van der Waals surface area (Å²) in [6.45, 7) is 6.92. The van der Waals surface area contributed by atoms with Crippen molar-refractivity contribution in [1.29, 1.82) is 0 Å². The van der Waals surface area contributed by atoms with Gasteiger partial charge in [0.15, 0.2) is 0 Å². The first-order valence-electron chi connectivity index (χ1n) is 7.56. The van der Waals surface area contributed by atoms with Gasteiger partial charge in [0, 0.05) is 12.1 Å². The van der Waals surface area contributed by atoms with Gasteiger partial charge in [0.2, 0.25) is 0 Å². The van der Waals surface area contributed by atoms with Gasteiger partial charge < -0.3 is 10.1 Å². The molecule has 106 valence electrons. The Kier molecular flexibility index (Phi) is 4.87. The van der Waals surface area contributed by atoms with E-state index in [2.05, 4.69) is 44.3 Å². The average molecular weight is 261 g/mol. The summed E-state index contributed by atoms with van der Waals surface area (Å²) in [5.74, 6) is 1.77. The minimum Gasteiger partial charge on any atom is -0.497 e. The monoisotopic (exact) mass is 261 g/mol. The normalized spacial score (nSPS) is 20.9. The van der Waals surface area contributed by atoms with E-state index >= 15 is 0 Å². The lowest BCUT2D eigenvalue weighted by atomic mass is 9.99. The lowest BCUT2D eigenvalue weighted by Crippen LogP contribution is -2.30. The van der Waals surface area contributed by atoms with Crippen molar-refractivity contribution in [2.75, 3.05) is 7.11 Å². The zero-order valence-electron chi connectivity index (χ0n) is 12.7. The molecule has 1 aliphatic rings. The van der Waals surface area contributed by atoms with Crippen LogP contribution in [0.2, 0.25) is 0 Å². The van der Waals surface area contributed by atoms with E-state index in [-0.39, 0.29) is 0 Å². The number of methoxy groups -OCH3 is 1. The average Bonchev–Trinajstić information content (AvgIpc) is 2.80. The Hall–Kier alpha value is -1.02. The lowest BCUT2D eigenvalue weighted by molar-refractivity contribution is 0.373. The number of hydrogen-bond acceptors (Lipinski definition) is 2. The summed E-state index contributed by atoms with van der Waals surface area (Å²) < 4.78 is 5.35. The highest BCUT2D eigenvalue weighted by Gasteiger charge is 2.24. The Balaban J connectivity index is 2.01. The van der Waals surface area contributed by atoms with Crippen LogP contribution in [-0.4, -0.2) is 13.2 Å². The summed E-state index contributed by atoms with van der Waals surface area (Å²) in [4.78, 5) is 0. The van der Waals surface area contributed by atoms with Gasteiger partial charge in [0.25, 0.3) is 0 Å². The van der Waals surface area contributed by atoms with Gasteiger partial charge in [-0.1, -0.05) is 26.3 Å². The third-order valence-corrected chi connectivity index (χ3v) is 4.37. The highest BCUT2D eigenvalue weighted by Crippen LogP contribution is 2.34. The third-order valence-electron chi connectivity index (χ3n) is 4.37. The number of nitrogens with one attached hydrogen (secondary N) is 1. The Labute approximate surface area is 117 Å². The summed E-state index contributed by atoms with van der Waals surface area (Å²) >= 11 is 0. The highest BCUT2D eigenvalue weighted by atomic mass is 16.5. The van der Waals surface area contributed by atoms with Crippen molar-refractivity contribution in [1.82, 2.24) is 5.32 Å². The number of benzene rings is 1. The number of ether oxygens (including phenoxy) is 1. The molecule has 3 unspecified atom stereocenters. The van der Waals surface area contributed by atoms with Crippen molar-refractivity contribution in [3.05, 3.63) is 29.3 Å². The molecular weight excluding hydrogens is 234 g/mol. The summed E-state index contributed by atoms with van der Waals surface area (Å²) in [6, 6.07) is 7.58. The molecule has 0 saturated carbocycles. The summed E-state index contributed by atoms with van der Waals surface area (Å²) in [6.07, 6.45) is 4.92. The molecule has 0 amide bonds. The van der Waals surface area contributed by atoms with Crippen LogP contribution >= 0.6 is 0 Å². The topological polar surface area (TPSA) is 21.3 Å². The second-order valence-corrected chi connectivity index (χ2v) is 5.97. The van der Waals surface area contributed by atoms with Crippen LogP contribution in [0, 0.1) is 5.92 Å². The molecule has 0 spiro atoms. The van der Waals surface area contributed by atoms with Gasteiger partial charge in [-0.15, -0.1) is 0 Å². The molecule has 0 aromatic heterocycles. The number of rotatable bonds is 6. The van der Waals surface area contributed by atoms with Gasteiger partial charge >= 0.3 is 0 Å². The van der Waals surface area contributed by atoms with Crippen molar-refractivity contribution in [2.45, 2.75) is 58.5 Å². The molecule has 19 heavy (non-hydrogen) atoms. The van der Waals surface area contributed by atoms with Crippen LogP contribution in [-0.2, 0) is 6.42 Å². The van der Waals surface area contributed by atoms with Crippen LogP contribution in [0.5, 0.6) is 5.75 Å². The predicted octanol–water partition coefficient (Wildman–Crippen LogP) is 4.10. The maximum absolute atomic E-state index is 5.35. The van der Waals surface area contributed by atoms with E-state index in [4.69, 9.17) is 4.74 Å². The molecule has 2 heteroatoms. The van der Waals surface area contributed by atoms with Gasteiger partial charge in [-0.05, 0) is 55.4 Å². The van der Waals surface area contributed by atoms with Crippen molar-refractivity contribution >= 4 is 0 Å². The number of hydrogen-bond donors (Lipinski definition) is 1. The van der Waals surface area contributed by atoms with E-state index in [0.29, 0.717) is 12.1 Å². The zero-order valence-corrected chi connectivity index (χ0v) is 12.7. The van der Waals surface area contributed by atoms with Crippen molar-refractivity contribution in [2.24, 2.45) is 5.92 Å². The first kappa shape index (κ1) is 14.4. The molecule has 3 atom stereocenters. The van der Waals surface area contributed by atoms with Crippen molar-refractivity contribution in [3.8, 4) is 5.75 Å². The fraction of sp³-hybridized carbons (Fsp3) is 0.647. The second kappa shape index (κ2) is 6.42. The van der Waals surface area contributed by atoms with Crippen molar-refractivity contribution < 1.29 is 4.74 Å². The zero-order chi connectivity index (χ0) is 13.8. The van der Waals surface area contributed by atoms with Crippen LogP contribution in [0.15, 0.2) is 18.2 Å². The number of fused-ring (bicyclic) bond motifs is 1. The maximum Gasteiger partial charge on any atom is 0.119 e. The van der Waals surface area contributed by atoms with Crippen LogP contribution < -0.4 is 10.1 Å². The Bertz CT molecular complexity index is 416. The highest BCUT2D eigenvalue weighted by molar-refractivity contribution is 5.40. The van der Waals surface area contributed by atoms with E-state index in [1.165, 1.54) is 36.8 Å². The van der Waals surface area contributed by atoms with Gasteiger partial charge in [0.1, 0.15) is 5.75 Å². The summed E-state index contributed by atoms with van der Waals surface area (Å²) in [5, 5.41) is 3.80. The standard InChI is InChI=1S/C17H27NO/c1-5-12(2)10-13(3)18-17-9-7-14-6-8-15(19-4)11-16(14)17/h6,8,11-13,17-18H,5,7,9-10H2,1-4H3. The first-order chi connectivity index (χ1) is 9.13. The van der Waals surface area contributed by atoms with Gasteiger partial charge in [0.05, 0.1) is 7.11 Å². The fourth-order valence-corrected chi connectivity index (χ4v) is 3.06. The Morgan fingerprint density at radius 3 is 2.84 bits per heavy atom. The molecule has 0 heterocycles. The lowest BCUT2D eigenvalue weighted by Gasteiger charge is -2.23. The van der Waals surface area contributed by atoms with Gasteiger partial charge in [-0.3, -0.25) is 0 Å². The molecule has 0 bridgehead atoms. The molecule has 2 nitrogen and oxygen atoms in total. The molecule has 1 N–H and O–H groups in total. The predicted molar refractivity (Wildman–Crippen MR) is 80.7 cm³/mol. The van der Waals surface area contributed by atoms with Crippen molar-refractivity contribution in [3.63, 3.8) is 0 Å². The summed E-state index contributed by atoms with van der Waals surface area (Å²) in [5.41, 5.74) is 2.92.